The van der Waals surface area contributed by atoms with E-state index in [2.05, 4.69) is 20.8 Å². The van der Waals surface area contributed by atoms with Crippen LogP contribution >= 0.6 is 15.9 Å². The normalized spacial score (nSPS) is 16.1. The molecule has 0 bridgehead atoms. The van der Waals surface area contributed by atoms with Crippen LogP contribution in [0.1, 0.15) is 16.7 Å². The molecule has 164 valence electrons. The molecular weight excluding hydrogens is 482 g/mol. The second-order valence-electron chi connectivity index (χ2n) is 7.69. The second kappa shape index (κ2) is 7.09. The summed E-state index contributed by atoms with van der Waals surface area (Å²) in [6, 6.07) is 5.05. The first-order chi connectivity index (χ1) is 15.5. The smallest absolute Gasteiger partial charge is 0.336 e. The maximum absolute atomic E-state index is 12.5. The van der Waals surface area contributed by atoms with Gasteiger partial charge in [0.25, 0.3) is 0 Å². The molecule has 1 aromatic heterocycles. The zero-order chi connectivity index (χ0) is 22.0. The zero-order valence-corrected chi connectivity index (χ0v) is 18.9. The molecule has 0 saturated heterocycles. The lowest BCUT2D eigenvalue weighted by Gasteiger charge is -2.22. The molecule has 0 unspecified atom stereocenters. The highest BCUT2D eigenvalue weighted by Crippen LogP contribution is 2.52. The molecule has 0 N–H and O–H groups in total. The Morgan fingerprint density at radius 1 is 1.03 bits per heavy atom. The van der Waals surface area contributed by atoms with Crippen LogP contribution in [0.2, 0.25) is 0 Å². The van der Waals surface area contributed by atoms with Gasteiger partial charge in [0.05, 0.1) is 11.6 Å². The largest absolute Gasteiger partial charge is 0.492 e. The number of ether oxygens (including phenoxy) is 5. The molecule has 4 heterocycles. The van der Waals surface area contributed by atoms with Crippen molar-refractivity contribution in [3.63, 3.8) is 0 Å². The van der Waals surface area contributed by atoms with Gasteiger partial charge >= 0.3 is 5.63 Å². The molecular formula is C23H18BrNO7. The maximum atomic E-state index is 12.5. The summed E-state index contributed by atoms with van der Waals surface area (Å²) in [6.45, 7) is 0.993. The highest BCUT2D eigenvalue weighted by Gasteiger charge is 2.31. The van der Waals surface area contributed by atoms with E-state index in [1.165, 1.54) is 6.07 Å². The van der Waals surface area contributed by atoms with Crippen molar-refractivity contribution < 1.29 is 28.1 Å². The van der Waals surface area contributed by atoms with Gasteiger partial charge in [-0.3, -0.25) is 0 Å². The third-order valence-corrected chi connectivity index (χ3v) is 6.80. The van der Waals surface area contributed by atoms with Gasteiger partial charge in [-0.2, -0.15) is 0 Å². The number of methoxy groups -OCH3 is 1. The van der Waals surface area contributed by atoms with Crippen molar-refractivity contribution in [1.82, 2.24) is 4.90 Å². The van der Waals surface area contributed by atoms with Gasteiger partial charge < -0.3 is 33.0 Å². The Balaban J connectivity index is 1.64. The van der Waals surface area contributed by atoms with E-state index in [-0.39, 0.29) is 13.6 Å². The summed E-state index contributed by atoms with van der Waals surface area (Å²) in [5.74, 6) is 3.00. The van der Waals surface area contributed by atoms with Crippen molar-refractivity contribution in [2.45, 2.75) is 6.42 Å². The fourth-order valence-electron chi connectivity index (χ4n) is 4.42. The number of fused-ring (bicyclic) bond motifs is 4. The fraction of sp³-hybridized carbons (Fsp3) is 0.261. The monoisotopic (exact) mass is 499 g/mol. The summed E-state index contributed by atoms with van der Waals surface area (Å²) in [5, 5.41) is 0.758. The highest BCUT2D eigenvalue weighted by atomic mass is 79.9. The number of nitrogens with zero attached hydrogens (tertiary/aromatic N) is 1. The number of hydrogen-bond donors (Lipinski definition) is 0. The van der Waals surface area contributed by atoms with Crippen LogP contribution in [-0.2, 0) is 6.42 Å². The van der Waals surface area contributed by atoms with E-state index in [4.69, 9.17) is 28.1 Å². The summed E-state index contributed by atoms with van der Waals surface area (Å²) in [7, 11) is 3.60. The number of hydrogen-bond acceptors (Lipinski definition) is 8. The van der Waals surface area contributed by atoms with E-state index in [9.17, 15) is 4.79 Å². The fourth-order valence-corrected chi connectivity index (χ4v) is 5.12. The summed E-state index contributed by atoms with van der Waals surface area (Å²) >= 11 is 3.69. The van der Waals surface area contributed by atoms with Crippen LogP contribution < -0.4 is 29.3 Å². The van der Waals surface area contributed by atoms with E-state index in [0.717, 1.165) is 38.7 Å². The van der Waals surface area contributed by atoms with Gasteiger partial charge in [0, 0.05) is 47.9 Å². The first kappa shape index (κ1) is 19.4. The molecule has 32 heavy (non-hydrogen) atoms. The minimum absolute atomic E-state index is 0.138. The summed E-state index contributed by atoms with van der Waals surface area (Å²) in [4.78, 5) is 14.6. The van der Waals surface area contributed by atoms with Crippen LogP contribution in [0, 0.1) is 0 Å². The number of halogens is 1. The summed E-state index contributed by atoms with van der Waals surface area (Å²) in [5.41, 5.74) is 3.52. The third-order valence-electron chi connectivity index (χ3n) is 5.96. The van der Waals surface area contributed by atoms with E-state index in [1.54, 1.807) is 13.2 Å². The Labute approximate surface area is 191 Å². The van der Waals surface area contributed by atoms with Crippen LogP contribution in [0.15, 0.2) is 31.9 Å². The van der Waals surface area contributed by atoms with Gasteiger partial charge in [0.15, 0.2) is 23.0 Å². The van der Waals surface area contributed by atoms with Crippen molar-refractivity contribution >= 4 is 38.7 Å². The van der Waals surface area contributed by atoms with E-state index >= 15 is 0 Å². The first-order valence-corrected chi connectivity index (χ1v) is 10.8. The Kier molecular flexibility index (Phi) is 4.29. The Bertz CT molecular complexity index is 1380. The van der Waals surface area contributed by atoms with Crippen LogP contribution in [0.5, 0.6) is 28.7 Å². The van der Waals surface area contributed by atoms with Crippen LogP contribution in [0.4, 0.5) is 0 Å². The van der Waals surface area contributed by atoms with Gasteiger partial charge in [-0.1, -0.05) is 0 Å². The minimum Gasteiger partial charge on any atom is -0.492 e. The van der Waals surface area contributed by atoms with E-state index in [0.29, 0.717) is 40.9 Å². The molecule has 3 aliphatic rings. The van der Waals surface area contributed by atoms with Crippen molar-refractivity contribution in [2.24, 2.45) is 0 Å². The lowest BCUT2D eigenvalue weighted by Crippen LogP contribution is -2.19. The van der Waals surface area contributed by atoms with Crippen molar-refractivity contribution in [1.29, 1.82) is 0 Å². The van der Waals surface area contributed by atoms with Crippen molar-refractivity contribution in [2.75, 3.05) is 34.3 Å². The van der Waals surface area contributed by atoms with E-state index < -0.39 is 5.63 Å². The van der Waals surface area contributed by atoms with Gasteiger partial charge in [0.1, 0.15) is 5.58 Å². The summed E-state index contributed by atoms with van der Waals surface area (Å²) < 4.78 is 34.5. The van der Waals surface area contributed by atoms with E-state index in [1.807, 2.05) is 19.2 Å². The molecule has 2 aromatic carbocycles. The molecule has 8 nitrogen and oxygen atoms in total. The first-order valence-electron chi connectivity index (χ1n) is 10.0. The molecule has 0 atom stereocenters. The lowest BCUT2D eigenvalue weighted by atomic mass is 10.00. The van der Waals surface area contributed by atoms with Gasteiger partial charge in [-0.05, 0) is 40.1 Å². The topological polar surface area (TPSA) is 79.6 Å². The van der Waals surface area contributed by atoms with Crippen molar-refractivity contribution in [3.05, 3.63) is 49.8 Å². The molecule has 0 spiro atoms. The number of rotatable bonds is 2. The highest BCUT2D eigenvalue weighted by molar-refractivity contribution is 9.10. The number of likely N-dealkylation sites (N-methyl/N-ethyl adjacent to an activating group) is 1. The predicted octanol–water partition coefficient (Wildman–Crippen LogP) is 4.01. The second-order valence-corrected chi connectivity index (χ2v) is 8.48. The van der Waals surface area contributed by atoms with Crippen LogP contribution in [-0.4, -0.2) is 39.2 Å². The van der Waals surface area contributed by atoms with Crippen molar-refractivity contribution in [3.8, 4) is 28.7 Å². The van der Waals surface area contributed by atoms with Gasteiger partial charge in [-0.15, -0.1) is 0 Å². The van der Waals surface area contributed by atoms with Crippen LogP contribution in [0.3, 0.4) is 0 Å². The molecule has 3 aliphatic heterocycles. The summed E-state index contributed by atoms with van der Waals surface area (Å²) in [6.07, 6.45) is 2.76. The minimum atomic E-state index is -0.441. The van der Waals surface area contributed by atoms with Crippen LogP contribution in [0.25, 0.3) is 22.7 Å². The quantitative estimate of drug-likeness (QED) is 0.489. The van der Waals surface area contributed by atoms with Gasteiger partial charge in [-0.25, -0.2) is 4.79 Å². The lowest BCUT2D eigenvalue weighted by molar-refractivity contribution is 0.170. The average molecular weight is 500 g/mol. The SMILES string of the molecule is COc1c2c(c(Br)c3c1OCO3)CCN(C)C(c1cc(=O)oc3cc4c(cc13)OCO4)=C2. The molecule has 3 aromatic rings. The molecule has 0 radical (unpaired) electrons. The molecule has 0 saturated carbocycles. The third kappa shape index (κ3) is 2.77. The predicted molar refractivity (Wildman–Crippen MR) is 120 cm³/mol. The molecule has 0 amide bonds. The number of benzene rings is 2. The molecule has 0 aliphatic carbocycles. The Hall–Kier alpha value is -3.33. The molecule has 9 heteroatoms. The maximum Gasteiger partial charge on any atom is 0.336 e. The standard InChI is InChI=1S/C23H18BrNO7/c1-25-4-3-11-14(21(27-2)23-22(20(11)24)30-10-31-23)5-15(25)12-7-19(26)32-16-8-18-17(6-13(12)16)28-9-29-18/h5-8H,3-4,9-10H2,1-2H3. The van der Waals surface area contributed by atoms with Gasteiger partial charge in [0.2, 0.25) is 19.3 Å². The Morgan fingerprint density at radius 3 is 2.59 bits per heavy atom. The Morgan fingerprint density at radius 2 is 1.78 bits per heavy atom. The zero-order valence-electron chi connectivity index (χ0n) is 17.3. The average Bonchev–Trinajstić information content (AvgIpc) is 3.41. The molecule has 0 fully saturated rings. The molecule has 6 rings (SSSR count).